The average Bonchev–Trinajstić information content (AvgIpc) is 2.56. The van der Waals surface area contributed by atoms with E-state index in [4.69, 9.17) is 5.73 Å². The highest BCUT2D eigenvalue weighted by Gasteiger charge is 2.30. The first-order chi connectivity index (χ1) is 11.0. The van der Waals surface area contributed by atoms with Crippen molar-refractivity contribution >= 4 is 46.0 Å². The Labute approximate surface area is 157 Å². The number of amides is 2. The maximum atomic E-state index is 12.4. The standard InChI is InChI=1S/C16H23BrN4O2.ClH/c1-2-4-13(18)16(23)21-8-3-5-11(10-21)15(22)20-14-7-6-12(17)9-19-14;/h6-7,9,11,13H,2-5,8,10,18H2,1H3,(H,19,20,22);1H. The third-order valence-electron chi connectivity index (χ3n) is 4.00. The zero-order valence-corrected chi connectivity index (χ0v) is 16.1. The summed E-state index contributed by atoms with van der Waals surface area (Å²) in [5.41, 5.74) is 5.91. The monoisotopic (exact) mass is 418 g/mol. The Morgan fingerprint density at radius 2 is 2.25 bits per heavy atom. The second-order valence-corrected chi connectivity index (χ2v) is 6.79. The van der Waals surface area contributed by atoms with E-state index in [0.717, 1.165) is 23.7 Å². The normalized spacial score (nSPS) is 18.5. The lowest BCUT2D eigenvalue weighted by Gasteiger charge is -2.33. The molecule has 2 rings (SSSR count). The number of nitrogens with two attached hydrogens (primary N) is 1. The molecule has 0 radical (unpaired) electrons. The van der Waals surface area contributed by atoms with E-state index in [0.29, 0.717) is 25.3 Å². The first-order valence-corrected chi connectivity index (χ1v) is 8.77. The number of carbonyl (C=O) groups excluding carboxylic acids is 2. The van der Waals surface area contributed by atoms with Crippen LogP contribution in [0.2, 0.25) is 0 Å². The molecule has 2 atom stereocenters. The predicted octanol–water partition coefficient (Wildman–Crippen LogP) is 2.57. The molecular formula is C16H24BrClN4O2. The first-order valence-electron chi connectivity index (χ1n) is 7.98. The van der Waals surface area contributed by atoms with Gasteiger partial charge in [0.25, 0.3) is 0 Å². The van der Waals surface area contributed by atoms with E-state index in [1.165, 1.54) is 0 Å². The highest BCUT2D eigenvalue weighted by Crippen LogP contribution is 2.20. The minimum absolute atomic E-state index is 0. The fourth-order valence-corrected chi connectivity index (χ4v) is 2.97. The van der Waals surface area contributed by atoms with Crippen molar-refractivity contribution in [3.8, 4) is 0 Å². The van der Waals surface area contributed by atoms with Gasteiger partial charge in [-0.1, -0.05) is 13.3 Å². The third kappa shape index (κ3) is 5.72. The quantitative estimate of drug-likeness (QED) is 0.768. The summed E-state index contributed by atoms with van der Waals surface area (Å²) < 4.78 is 0.856. The van der Waals surface area contributed by atoms with Crippen molar-refractivity contribution in [1.82, 2.24) is 9.88 Å². The molecule has 1 aliphatic rings. The van der Waals surface area contributed by atoms with Crippen LogP contribution in [0.4, 0.5) is 5.82 Å². The number of aromatic nitrogens is 1. The summed E-state index contributed by atoms with van der Waals surface area (Å²) in [4.78, 5) is 30.6. The van der Waals surface area contributed by atoms with Gasteiger partial charge in [-0.3, -0.25) is 9.59 Å². The van der Waals surface area contributed by atoms with Crippen LogP contribution in [0.1, 0.15) is 32.6 Å². The molecule has 0 aromatic carbocycles. The van der Waals surface area contributed by atoms with Gasteiger partial charge < -0.3 is 16.0 Å². The maximum absolute atomic E-state index is 12.4. The number of piperidine rings is 1. The molecule has 6 nitrogen and oxygen atoms in total. The minimum Gasteiger partial charge on any atom is -0.341 e. The van der Waals surface area contributed by atoms with E-state index in [-0.39, 0.29) is 30.1 Å². The Kier molecular flexibility index (Phi) is 8.66. The number of pyridine rings is 1. The van der Waals surface area contributed by atoms with Crippen LogP contribution in [-0.2, 0) is 9.59 Å². The molecule has 3 N–H and O–H groups in total. The number of hydrogen-bond acceptors (Lipinski definition) is 4. The summed E-state index contributed by atoms with van der Waals surface area (Å²) in [7, 11) is 0. The van der Waals surface area contributed by atoms with Crippen molar-refractivity contribution in [2.24, 2.45) is 11.7 Å². The molecule has 1 aromatic heterocycles. The van der Waals surface area contributed by atoms with Crippen LogP contribution in [0.3, 0.4) is 0 Å². The van der Waals surface area contributed by atoms with E-state index in [9.17, 15) is 9.59 Å². The molecule has 8 heteroatoms. The average molecular weight is 420 g/mol. The summed E-state index contributed by atoms with van der Waals surface area (Å²) >= 11 is 3.31. The van der Waals surface area contributed by atoms with Crippen molar-refractivity contribution in [3.05, 3.63) is 22.8 Å². The summed E-state index contributed by atoms with van der Waals surface area (Å²) in [6, 6.07) is 3.10. The lowest BCUT2D eigenvalue weighted by molar-refractivity contribution is -0.136. The SMILES string of the molecule is CCCC(N)C(=O)N1CCCC(C(=O)Nc2ccc(Br)cn2)C1.Cl. The molecule has 24 heavy (non-hydrogen) atoms. The van der Waals surface area contributed by atoms with Crippen molar-refractivity contribution < 1.29 is 9.59 Å². The second-order valence-electron chi connectivity index (χ2n) is 5.87. The Balaban J connectivity index is 0.00000288. The van der Waals surface area contributed by atoms with Crippen LogP contribution in [0.5, 0.6) is 0 Å². The van der Waals surface area contributed by atoms with E-state index >= 15 is 0 Å². The zero-order valence-electron chi connectivity index (χ0n) is 13.7. The van der Waals surface area contributed by atoms with Crippen molar-refractivity contribution in [1.29, 1.82) is 0 Å². The number of anilines is 1. The van der Waals surface area contributed by atoms with Gasteiger partial charge >= 0.3 is 0 Å². The summed E-state index contributed by atoms with van der Waals surface area (Å²) in [5.74, 6) is 0.156. The molecule has 134 valence electrons. The van der Waals surface area contributed by atoms with Gasteiger partial charge in [0.2, 0.25) is 11.8 Å². The van der Waals surface area contributed by atoms with E-state index < -0.39 is 6.04 Å². The Morgan fingerprint density at radius 3 is 2.88 bits per heavy atom. The van der Waals surface area contributed by atoms with E-state index in [1.807, 2.05) is 13.0 Å². The van der Waals surface area contributed by atoms with Gasteiger partial charge in [0, 0.05) is 23.8 Å². The molecule has 1 fully saturated rings. The number of hydrogen-bond donors (Lipinski definition) is 2. The minimum atomic E-state index is -0.463. The molecular weight excluding hydrogens is 396 g/mol. The zero-order chi connectivity index (χ0) is 16.8. The van der Waals surface area contributed by atoms with E-state index in [1.54, 1.807) is 17.2 Å². The number of nitrogens with one attached hydrogen (secondary N) is 1. The van der Waals surface area contributed by atoms with Crippen LogP contribution in [0, 0.1) is 5.92 Å². The molecule has 0 bridgehead atoms. The van der Waals surface area contributed by atoms with Gasteiger partial charge in [0.15, 0.2) is 0 Å². The fraction of sp³-hybridized carbons (Fsp3) is 0.562. The first kappa shape index (κ1) is 20.9. The number of carbonyl (C=O) groups is 2. The van der Waals surface area contributed by atoms with Gasteiger partial charge in [-0.15, -0.1) is 12.4 Å². The van der Waals surface area contributed by atoms with Crippen molar-refractivity contribution in [2.75, 3.05) is 18.4 Å². The Hall–Kier alpha value is -1.18. The van der Waals surface area contributed by atoms with Gasteiger partial charge in [0.1, 0.15) is 5.82 Å². The fourth-order valence-electron chi connectivity index (χ4n) is 2.74. The van der Waals surface area contributed by atoms with Gasteiger partial charge in [-0.05, 0) is 47.3 Å². The third-order valence-corrected chi connectivity index (χ3v) is 4.47. The summed E-state index contributed by atoms with van der Waals surface area (Å²) in [6.45, 7) is 3.11. The Morgan fingerprint density at radius 1 is 1.50 bits per heavy atom. The number of likely N-dealkylation sites (tertiary alicyclic amines) is 1. The molecule has 2 unspecified atom stereocenters. The topological polar surface area (TPSA) is 88.3 Å². The molecule has 1 aromatic rings. The van der Waals surface area contributed by atoms with Crippen LogP contribution in [-0.4, -0.2) is 40.8 Å². The summed E-state index contributed by atoms with van der Waals surface area (Å²) in [5, 5.41) is 2.81. The molecule has 1 aliphatic heterocycles. The largest absolute Gasteiger partial charge is 0.341 e. The molecule has 0 saturated carbocycles. The lowest BCUT2D eigenvalue weighted by Crippen LogP contribution is -2.49. The lowest BCUT2D eigenvalue weighted by atomic mass is 9.96. The summed E-state index contributed by atoms with van der Waals surface area (Å²) in [6.07, 6.45) is 4.77. The highest BCUT2D eigenvalue weighted by molar-refractivity contribution is 9.10. The highest BCUT2D eigenvalue weighted by atomic mass is 79.9. The number of nitrogens with zero attached hydrogens (tertiary/aromatic N) is 2. The number of halogens is 2. The number of rotatable bonds is 5. The molecule has 0 spiro atoms. The second kappa shape index (κ2) is 9.96. The van der Waals surface area contributed by atoms with Gasteiger partial charge in [-0.2, -0.15) is 0 Å². The van der Waals surface area contributed by atoms with Gasteiger partial charge in [-0.25, -0.2) is 4.98 Å². The molecule has 2 amide bonds. The van der Waals surface area contributed by atoms with E-state index in [2.05, 4.69) is 26.2 Å². The molecule has 1 saturated heterocycles. The molecule has 0 aliphatic carbocycles. The maximum Gasteiger partial charge on any atom is 0.239 e. The smallest absolute Gasteiger partial charge is 0.239 e. The predicted molar refractivity (Wildman–Crippen MR) is 100 cm³/mol. The Bertz CT molecular complexity index is 556. The molecule has 2 heterocycles. The van der Waals surface area contributed by atoms with Crippen LogP contribution in [0.15, 0.2) is 22.8 Å². The van der Waals surface area contributed by atoms with Crippen molar-refractivity contribution in [2.45, 2.75) is 38.6 Å². The van der Waals surface area contributed by atoms with Crippen LogP contribution < -0.4 is 11.1 Å². The van der Waals surface area contributed by atoms with Crippen molar-refractivity contribution in [3.63, 3.8) is 0 Å². The van der Waals surface area contributed by atoms with Gasteiger partial charge in [0.05, 0.1) is 12.0 Å². The van der Waals surface area contributed by atoms with Crippen LogP contribution >= 0.6 is 28.3 Å². The van der Waals surface area contributed by atoms with Crippen LogP contribution in [0.25, 0.3) is 0 Å².